The number of hydrogen-bond acceptors (Lipinski definition) is 2. The Morgan fingerprint density at radius 1 is 1.26 bits per heavy atom. The molecule has 0 amide bonds. The van der Waals surface area contributed by atoms with Gasteiger partial charge in [0.2, 0.25) is 0 Å². The zero-order valence-electron chi connectivity index (χ0n) is 14.0. The first-order valence-corrected chi connectivity index (χ1v) is 9.82. The van der Waals surface area contributed by atoms with Crippen molar-refractivity contribution in [3.8, 4) is 0 Å². The second-order valence-corrected chi connectivity index (χ2v) is 7.32. The van der Waals surface area contributed by atoms with Gasteiger partial charge in [-0.05, 0) is 59.1 Å². The molecule has 1 aromatic heterocycles. The fraction of sp³-hybridized carbons (Fsp3) is 0.429. The van der Waals surface area contributed by atoms with Crippen molar-refractivity contribution in [2.75, 3.05) is 6.54 Å². The van der Waals surface area contributed by atoms with E-state index in [4.69, 9.17) is 0 Å². The van der Waals surface area contributed by atoms with E-state index in [0.29, 0.717) is 5.92 Å². The first-order valence-electron chi connectivity index (χ1n) is 8.88. The average Bonchev–Trinajstić information content (AvgIpc) is 3.26. The minimum Gasteiger partial charge on any atom is -0.385 e. The fourth-order valence-electron chi connectivity index (χ4n) is 3.03. The average molecular weight is 326 g/mol. The highest BCUT2D eigenvalue weighted by molar-refractivity contribution is 7.07. The van der Waals surface area contributed by atoms with Gasteiger partial charge in [0.1, 0.15) is 0 Å². The van der Waals surface area contributed by atoms with E-state index in [9.17, 15) is 0 Å². The van der Waals surface area contributed by atoms with Crippen LogP contribution < -0.4 is 5.32 Å². The van der Waals surface area contributed by atoms with Gasteiger partial charge in [-0.1, -0.05) is 56.2 Å². The van der Waals surface area contributed by atoms with Crippen LogP contribution in [-0.2, 0) is 0 Å². The molecule has 0 aliphatic heterocycles. The van der Waals surface area contributed by atoms with Crippen molar-refractivity contribution in [3.05, 3.63) is 64.4 Å². The Kier molecular flexibility index (Phi) is 5.93. The van der Waals surface area contributed by atoms with Crippen LogP contribution in [0.25, 0.3) is 5.70 Å². The van der Waals surface area contributed by atoms with Crippen LogP contribution in [0.4, 0.5) is 0 Å². The van der Waals surface area contributed by atoms with Crippen LogP contribution >= 0.6 is 11.3 Å². The number of rotatable bonds is 9. The molecule has 1 nitrogen and oxygen atoms in total. The summed E-state index contributed by atoms with van der Waals surface area (Å²) >= 11 is 1.80. The molecular formula is C21H27NS. The van der Waals surface area contributed by atoms with E-state index in [-0.39, 0.29) is 0 Å². The van der Waals surface area contributed by atoms with Crippen LogP contribution in [0.3, 0.4) is 0 Å². The predicted molar refractivity (Wildman–Crippen MR) is 102 cm³/mol. The molecule has 1 N–H and O–H groups in total. The molecule has 0 saturated heterocycles. The van der Waals surface area contributed by atoms with Gasteiger partial charge in [0.05, 0.1) is 0 Å². The first kappa shape index (κ1) is 16.3. The van der Waals surface area contributed by atoms with Gasteiger partial charge in [0, 0.05) is 12.2 Å². The highest BCUT2D eigenvalue weighted by Gasteiger charge is 2.20. The van der Waals surface area contributed by atoms with Crippen LogP contribution in [0.5, 0.6) is 0 Å². The summed E-state index contributed by atoms with van der Waals surface area (Å²) in [5.41, 5.74) is 4.10. The van der Waals surface area contributed by atoms with Crippen LogP contribution in [0.15, 0.2) is 53.2 Å². The molecule has 0 bridgehead atoms. The summed E-state index contributed by atoms with van der Waals surface area (Å²) in [6.45, 7) is 3.39. The summed E-state index contributed by atoms with van der Waals surface area (Å²) in [6.07, 6.45) is 8.88. The van der Waals surface area contributed by atoms with E-state index >= 15 is 0 Å². The molecule has 1 fully saturated rings. The van der Waals surface area contributed by atoms with Crippen molar-refractivity contribution in [2.24, 2.45) is 5.92 Å². The molecule has 0 spiro atoms. The minimum absolute atomic E-state index is 0.630. The maximum atomic E-state index is 3.70. The maximum Gasteiger partial charge on any atom is 0.0373 e. The van der Waals surface area contributed by atoms with Crippen molar-refractivity contribution in [1.82, 2.24) is 5.32 Å². The Hall–Kier alpha value is -1.54. The number of nitrogens with one attached hydrogen (secondary N) is 1. The topological polar surface area (TPSA) is 12.0 Å². The minimum atomic E-state index is 0.630. The van der Waals surface area contributed by atoms with E-state index in [2.05, 4.69) is 65.5 Å². The predicted octanol–water partition coefficient (Wildman–Crippen LogP) is 6.06. The number of allylic oxidation sites excluding steroid dienone is 1. The fourth-order valence-corrected chi connectivity index (χ4v) is 3.78. The summed E-state index contributed by atoms with van der Waals surface area (Å²) in [7, 11) is 0. The SMILES string of the molecule is CCC(C/C=C(\NCCC1CC1)c1ccccc1)c1ccsc1. The second-order valence-electron chi connectivity index (χ2n) is 6.54. The van der Waals surface area contributed by atoms with Crippen molar-refractivity contribution < 1.29 is 0 Å². The Bertz CT molecular complexity index is 596. The van der Waals surface area contributed by atoms with Gasteiger partial charge in [-0.3, -0.25) is 0 Å². The van der Waals surface area contributed by atoms with Gasteiger partial charge in [-0.25, -0.2) is 0 Å². The van der Waals surface area contributed by atoms with E-state index < -0.39 is 0 Å². The lowest BCUT2D eigenvalue weighted by molar-refractivity contribution is 0.669. The van der Waals surface area contributed by atoms with E-state index in [1.165, 1.54) is 42.5 Å². The van der Waals surface area contributed by atoms with Crippen LogP contribution in [0, 0.1) is 5.92 Å². The van der Waals surface area contributed by atoms with Gasteiger partial charge >= 0.3 is 0 Å². The van der Waals surface area contributed by atoms with E-state index in [1.807, 2.05) is 0 Å². The highest BCUT2D eigenvalue weighted by atomic mass is 32.1. The molecule has 2 heteroatoms. The molecule has 2 aromatic rings. The molecule has 1 heterocycles. The summed E-state index contributed by atoms with van der Waals surface area (Å²) in [5.74, 6) is 1.61. The molecular weight excluding hydrogens is 298 g/mol. The van der Waals surface area contributed by atoms with Crippen molar-refractivity contribution >= 4 is 17.0 Å². The number of hydrogen-bond donors (Lipinski definition) is 1. The van der Waals surface area contributed by atoms with Gasteiger partial charge in [0.15, 0.2) is 0 Å². The van der Waals surface area contributed by atoms with Crippen LogP contribution in [-0.4, -0.2) is 6.54 Å². The monoisotopic (exact) mass is 325 g/mol. The van der Waals surface area contributed by atoms with Crippen molar-refractivity contribution in [1.29, 1.82) is 0 Å². The number of benzene rings is 1. The number of thiophene rings is 1. The molecule has 1 atom stereocenters. The molecule has 1 saturated carbocycles. The molecule has 1 aliphatic carbocycles. The van der Waals surface area contributed by atoms with Crippen LogP contribution in [0.1, 0.15) is 56.1 Å². The lowest BCUT2D eigenvalue weighted by Gasteiger charge is -2.15. The maximum absolute atomic E-state index is 3.70. The molecule has 3 rings (SSSR count). The zero-order chi connectivity index (χ0) is 15.9. The lowest BCUT2D eigenvalue weighted by atomic mass is 9.94. The second kappa shape index (κ2) is 8.35. The normalized spacial score (nSPS) is 16.3. The van der Waals surface area contributed by atoms with E-state index in [1.54, 1.807) is 11.3 Å². The lowest BCUT2D eigenvalue weighted by Crippen LogP contribution is -2.14. The highest BCUT2D eigenvalue weighted by Crippen LogP contribution is 2.32. The summed E-state index contributed by atoms with van der Waals surface area (Å²) < 4.78 is 0. The van der Waals surface area contributed by atoms with Gasteiger partial charge in [-0.2, -0.15) is 11.3 Å². The molecule has 122 valence electrons. The Labute approximate surface area is 144 Å². The Morgan fingerprint density at radius 3 is 2.74 bits per heavy atom. The summed E-state index contributed by atoms with van der Waals surface area (Å²) in [6, 6.07) is 13.0. The molecule has 0 radical (unpaired) electrons. The smallest absolute Gasteiger partial charge is 0.0373 e. The molecule has 1 aliphatic rings. The quantitative estimate of drug-likeness (QED) is 0.590. The first-order chi connectivity index (χ1) is 11.4. The molecule has 23 heavy (non-hydrogen) atoms. The van der Waals surface area contributed by atoms with Crippen LogP contribution in [0.2, 0.25) is 0 Å². The zero-order valence-corrected chi connectivity index (χ0v) is 14.8. The Morgan fingerprint density at radius 2 is 2.09 bits per heavy atom. The van der Waals surface area contributed by atoms with Gasteiger partial charge < -0.3 is 5.32 Å². The van der Waals surface area contributed by atoms with Crippen molar-refractivity contribution in [3.63, 3.8) is 0 Å². The molecule has 1 aromatic carbocycles. The largest absolute Gasteiger partial charge is 0.385 e. The van der Waals surface area contributed by atoms with Gasteiger partial charge in [0.25, 0.3) is 0 Å². The summed E-state index contributed by atoms with van der Waals surface area (Å²) in [4.78, 5) is 0. The summed E-state index contributed by atoms with van der Waals surface area (Å²) in [5, 5.41) is 8.18. The van der Waals surface area contributed by atoms with E-state index in [0.717, 1.165) is 18.9 Å². The third-order valence-corrected chi connectivity index (χ3v) is 5.47. The standard InChI is InChI=1S/C21H27NS/c1-2-18(20-13-15-23-16-20)10-11-21(19-6-4-3-5-7-19)22-14-12-17-8-9-17/h3-7,11,13,15-18,22H,2,8-10,12,14H2,1H3/b21-11-. The van der Waals surface area contributed by atoms with Crippen molar-refractivity contribution in [2.45, 2.75) is 44.9 Å². The Balaban J connectivity index is 1.67. The third-order valence-electron chi connectivity index (χ3n) is 4.76. The third kappa shape index (κ3) is 4.97. The van der Waals surface area contributed by atoms with Gasteiger partial charge in [-0.15, -0.1) is 0 Å². The molecule has 1 unspecified atom stereocenters.